The summed E-state index contributed by atoms with van der Waals surface area (Å²) in [4.78, 5) is 0. The first-order valence-electron chi connectivity index (χ1n) is 3.06. The van der Waals surface area contributed by atoms with Crippen molar-refractivity contribution in [3.05, 3.63) is 0 Å². The predicted octanol–water partition coefficient (Wildman–Crippen LogP) is 1.35. The quantitative estimate of drug-likeness (QED) is 0.453. The molecule has 0 aromatic carbocycles. The van der Waals surface area contributed by atoms with Crippen molar-refractivity contribution in [3.8, 4) is 0 Å². The lowest BCUT2D eigenvalue weighted by molar-refractivity contribution is 0.288. The molecule has 0 nitrogen and oxygen atoms in total. The van der Waals surface area contributed by atoms with E-state index in [1.807, 2.05) is 20.8 Å². The number of rotatable bonds is 1. The molecule has 0 saturated carbocycles. The van der Waals surface area contributed by atoms with Crippen molar-refractivity contribution in [1.82, 2.24) is 0 Å². The lowest BCUT2D eigenvalue weighted by Crippen LogP contribution is -2.13. The second-order valence-corrected chi connectivity index (χ2v) is 3.55. The highest BCUT2D eigenvalue weighted by Gasteiger charge is 2.13. The molecule has 2 heteroatoms. The maximum absolute atomic E-state index is 12.2. The molecule has 0 N–H and O–H groups in total. The summed E-state index contributed by atoms with van der Waals surface area (Å²) in [6, 6.07) is 0. The second-order valence-electron chi connectivity index (χ2n) is 3.55. The highest BCUT2D eigenvalue weighted by molar-refractivity contribution is 6.10. The van der Waals surface area contributed by atoms with Crippen LogP contribution in [0.5, 0.6) is 0 Å². The summed E-state index contributed by atoms with van der Waals surface area (Å²) >= 11 is 0. The molecule has 8 heavy (non-hydrogen) atoms. The molecule has 0 fully saturated rings. The molecule has 0 spiro atoms. The summed E-state index contributed by atoms with van der Waals surface area (Å²) in [5.41, 5.74) is 0.147. The van der Waals surface area contributed by atoms with Gasteiger partial charge in [-0.2, -0.15) is 0 Å². The molecule has 0 bridgehead atoms. The van der Waals surface area contributed by atoms with Gasteiger partial charge in [0.1, 0.15) is 7.85 Å². The van der Waals surface area contributed by atoms with E-state index >= 15 is 0 Å². The standard InChI is InChI=1S/C6H14BF/c1-6(2,3)4-5(7)8/h5H,4,7H2,1-3H3. The Morgan fingerprint density at radius 1 is 1.50 bits per heavy atom. The molecule has 0 aromatic heterocycles. The van der Waals surface area contributed by atoms with Crippen LogP contribution in [0, 0.1) is 5.41 Å². The molecule has 0 aliphatic heterocycles. The fourth-order valence-electron chi connectivity index (χ4n) is 0.844. The minimum Gasteiger partial charge on any atom is -0.258 e. The van der Waals surface area contributed by atoms with Crippen molar-refractivity contribution >= 4 is 7.85 Å². The van der Waals surface area contributed by atoms with E-state index in [2.05, 4.69) is 0 Å². The lowest BCUT2D eigenvalue weighted by Gasteiger charge is -2.18. The van der Waals surface area contributed by atoms with Gasteiger partial charge < -0.3 is 0 Å². The number of hydrogen-bond donors (Lipinski definition) is 0. The normalized spacial score (nSPS) is 16.0. The number of hydrogen-bond acceptors (Lipinski definition) is 0. The van der Waals surface area contributed by atoms with Gasteiger partial charge in [-0.15, -0.1) is 0 Å². The average Bonchev–Trinajstić information content (AvgIpc) is 1.21. The van der Waals surface area contributed by atoms with Gasteiger partial charge in [0.2, 0.25) is 0 Å². The summed E-state index contributed by atoms with van der Waals surface area (Å²) in [6.07, 6.45) is 0.00231. The van der Waals surface area contributed by atoms with Crippen LogP contribution >= 0.6 is 0 Å². The zero-order valence-electron chi connectivity index (χ0n) is 6.16. The Balaban J connectivity index is 3.39. The van der Waals surface area contributed by atoms with Crippen molar-refractivity contribution in [2.75, 3.05) is 0 Å². The van der Waals surface area contributed by atoms with Gasteiger partial charge in [0.15, 0.2) is 0 Å². The van der Waals surface area contributed by atoms with Gasteiger partial charge in [0.25, 0.3) is 0 Å². The summed E-state index contributed by atoms with van der Waals surface area (Å²) in [5.74, 6) is 0. The molecule has 0 aliphatic carbocycles. The first-order chi connectivity index (χ1) is 3.42. The molecular formula is C6H14BF. The van der Waals surface area contributed by atoms with Crippen molar-refractivity contribution in [1.29, 1.82) is 0 Å². The van der Waals surface area contributed by atoms with Gasteiger partial charge in [-0.25, -0.2) is 0 Å². The molecule has 0 rings (SSSR count). The minimum atomic E-state index is -0.657. The van der Waals surface area contributed by atoms with Crippen LogP contribution in [0.15, 0.2) is 0 Å². The van der Waals surface area contributed by atoms with Crippen LogP contribution in [0.1, 0.15) is 27.2 Å². The topological polar surface area (TPSA) is 0 Å². The van der Waals surface area contributed by atoms with E-state index in [0.717, 1.165) is 0 Å². The molecule has 0 heterocycles. The van der Waals surface area contributed by atoms with Gasteiger partial charge in [0.05, 0.1) is 6.07 Å². The smallest absolute Gasteiger partial charge is 0.146 e. The zero-order chi connectivity index (χ0) is 6.78. The summed E-state index contributed by atoms with van der Waals surface area (Å²) in [7, 11) is 1.60. The number of alkyl halides is 1. The Labute approximate surface area is 51.9 Å². The Hall–Kier alpha value is -0.00506. The highest BCUT2D eigenvalue weighted by atomic mass is 19.1. The summed E-state index contributed by atoms with van der Waals surface area (Å²) in [5, 5.41) is 0. The summed E-state index contributed by atoms with van der Waals surface area (Å²) < 4.78 is 12.2. The van der Waals surface area contributed by atoms with E-state index in [0.29, 0.717) is 6.42 Å². The van der Waals surface area contributed by atoms with Crippen LogP contribution < -0.4 is 0 Å². The van der Waals surface area contributed by atoms with E-state index in [-0.39, 0.29) is 5.41 Å². The third kappa shape index (κ3) is 5.99. The van der Waals surface area contributed by atoms with Gasteiger partial charge in [0, 0.05) is 0 Å². The monoisotopic (exact) mass is 116 g/mol. The largest absolute Gasteiger partial charge is 0.258 e. The second kappa shape index (κ2) is 2.52. The lowest BCUT2D eigenvalue weighted by atomic mass is 9.83. The van der Waals surface area contributed by atoms with Crippen molar-refractivity contribution in [3.63, 3.8) is 0 Å². The maximum Gasteiger partial charge on any atom is 0.146 e. The van der Waals surface area contributed by atoms with E-state index in [1.165, 1.54) is 0 Å². The third-order valence-electron chi connectivity index (χ3n) is 0.894. The van der Waals surface area contributed by atoms with E-state index in [1.54, 1.807) is 7.85 Å². The molecule has 1 atom stereocenters. The Kier molecular flexibility index (Phi) is 2.51. The van der Waals surface area contributed by atoms with Crippen LogP contribution in [0.4, 0.5) is 4.39 Å². The molecule has 0 aromatic rings. The molecular weight excluding hydrogens is 102 g/mol. The first kappa shape index (κ1) is 7.99. The van der Waals surface area contributed by atoms with Crippen LogP contribution in [-0.4, -0.2) is 13.9 Å². The van der Waals surface area contributed by atoms with E-state index < -0.39 is 6.07 Å². The Morgan fingerprint density at radius 2 is 1.88 bits per heavy atom. The fraction of sp³-hybridized carbons (Fsp3) is 1.00. The van der Waals surface area contributed by atoms with Crippen LogP contribution in [0.2, 0.25) is 0 Å². The number of halogens is 1. The van der Waals surface area contributed by atoms with Crippen LogP contribution in [0.3, 0.4) is 0 Å². The highest BCUT2D eigenvalue weighted by Crippen LogP contribution is 2.20. The first-order valence-corrected chi connectivity index (χ1v) is 3.06. The zero-order valence-corrected chi connectivity index (χ0v) is 6.16. The fourth-order valence-corrected chi connectivity index (χ4v) is 0.844. The Morgan fingerprint density at radius 3 is 1.88 bits per heavy atom. The van der Waals surface area contributed by atoms with Crippen molar-refractivity contribution in [2.45, 2.75) is 33.3 Å². The molecule has 1 unspecified atom stereocenters. The predicted molar refractivity (Wildman–Crippen MR) is 37.5 cm³/mol. The Bertz CT molecular complexity index is 63.4. The molecule has 0 aliphatic rings. The van der Waals surface area contributed by atoms with E-state index in [9.17, 15) is 4.39 Å². The van der Waals surface area contributed by atoms with E-state index in [4.69, 9.17) is 0 Å². The third-order valence-corrected chi connectivity index (χ3v) is 0.894. The van der Waals surface area contributed by atoms with Crippen molar-refractivity contribution in [2.24, 2.45) is 5.41 Å². The van der Waals surface area contributed by atoms with Crippen molar-refractivity contribution < 1.29 is 4.39 Å². The van der Waals surface area contributed by atoms with Gasteiger partial charge in [-0.05, 0) is 11.8 Å². The van der Waals surface area contributed by atoms with Gasteiger partial charge in [-0.3, -0.25) is 4.39 Å². The molecule has 48 valence electrons. The van der Waals surface area contributed by atoms with Gasteiger partial charge in [-0.1, -0.05) is 20.8 Å². The van der Waals surface area contributed by atoms with Crippen LogP contribution in [-0.2, 0) is 0 Å². The molecule has 0 saturated heterocycles. The average molecular weight is 116 g/mol. The maximum atomic E-state index is 12.2. The SMILES string of the molecule is BC(F)CC(C)(C)C. The summed E-state index contributed by atoms with van der Waals surface area (Å²) in [6.45, 7) is 6.13. The minimum absolute atomic E-state index is 0.147. The molecule has 0 amide bonds. The molecule has 0 radical (unpaired) electrons. The van der Waals surface area contributed by atoms with Crippen LogP contribution in [0.25, 0.3) is 0 Å². The van der Waals surface area contributed by atoms with Gasteiger partial charge >= 0.3 is 0 Å².